The lowest BCUT2D eigenvalue weighted by Gasteiger charge is -2.35. The molecule has 158 valence electrons. The highest BCUT2D eigenvalue weighted by atomic mass is 79.9. The number of rotatable bonds is 8. The average Bonchev–Trinajstić information content (AvgIpc) is 3.17. The highest BCUT2D eigenvalue weighted by Crippen LogP contribution is 2.28. The Labute approximate surface area is 183 Å². The molecule has 2 fully saturated rings. The van der Waals surface area contributed by atoms with Crippen molar-refractivity contribution in [3.05, 3.63) is 27.1 Å². The van der Waals surface area contributed by atoms with Crippen LogP contribution in [0.2, 0.25) is 0 Å². The van der Waals surface area contributed by atoms with E-state index in [0.717, 1.165) is 23.9 Å². The number of hydrogen-bond donors (Lipinski definition) is 1. The van der Waals surface area contributed by atoms with E-state index in [1.807, 2.05) is 0 Å². The number of nitrogens with zero attached hydrogens (tertiary/aromatic N) is 2. The average molecular weight is 542 g/mol. The number of aliphatic hydroxyl groups is 1. The molecule has 0 aromatic heterocycles. The van der Waals surface area contributed by atoms with Gasteiger partial charge in [0.25, 0.3) is 0 Å². The molecule has 0 radical (unpaired) electrons. The van der Waals surface area contributed by atoms with Crippen LogP contribution in [0.5, 0.6) is 0 Å². The molecule has 0 spiro atoms. The van der Waals surface area contributed by atoms with Crippen molar-refractivity contribution in [1.29, 1.82) is 0 Å². The molecule has 28 heavy (non-hydrogen) atoms. The summed E-state index contributed by atoms with van der Waals surface area (Å²) in [5.74, 6) is 0. The van der Waals surface area contributed by atoms with Crippen molar-refractivity contribution >= 4 is 41.9 Å². The number of piperazine rings is 1. The highest BCUT2D eigenvalue weighted by Gasteiger charge is 2.30. The van der Waals surface area contributed by atoms with Crippen molar-refractivity contribution < 1.29 is 23.0 Å². The van der Waals surface area contributed by atoms with Crippen molar-refractivity contribution in [2.24, 2.45) is 0 Å². The molecular weight excluding hydrogens is 516 g/mol. The third-order valence-electron chi connectivity index (χ3n) is 4.95. The first-order valence-electron chi connectivity index (χ1n) is 9.41. The lowest BCUT2D eigenvalue weighted by atomic mass is 10.2. The van der Waals surface area contributed by atoms with Crippen LogP contribution in [0.25, 0.3) is 0 Å². The molecule has 0 aliphatic carbocycles. The molecule has 2 atom stereocenters. The van der Waals surface area contributed by atoms with Gasteiger partial charge < -0.3 is 14.6 Å². The third kappa shape index (κ3) is 5.98. The molecule has 2 heterocycles. The zero-order chi connectivity index (χ0) is 20.1. The second-order valence-electron chi connectivity index (χ2n) is 7.11. The second kappa shape index (κ2) is 10.3. The molecule has 0 amide bonds. The standard InChI is InChI=1S/C18H26Br2N2O5S/c19-14-3-4-17(20)18(10-14)28(24,25)22-7-5-21(6-8-22)11-15(23)12-26-13-16-2-1-9-27-16/h3-4,10,15-16,23H,1-2,5-9,11-13H2/t15-,16-/m0/s1. The van der Waals surface area contributed by atoms with Crippen LogP contribution in [-0.2, 0) is 19.5 Å². The fourth-order valence-corrected chi connectivity index (χ4v) is 6.31. The molecule has 2 saturated heterocycles. The summed E-state index contributed by atoms with van der Waals surface area (Å²) in [7, 11) is -3.56. The summed E-state index contributed by atoms with van der Waals surface area (Å²) < 4.78 is 39.7. The summed E-state index contributed by atoms with van der Waals surface area (Å²) in [4.78, 5) is 2.33. The molecular formula is C18H26Br2N2O5S. The van der Waals surface area contributed by atoms with E-state index in [2.05, 4.69) is 36.8 Å². The summed E-state index contributed by atoms with van der Waals surface area (Å²) >= 11 is 6.66. The Kier molecular flexibility index (Phi) is 8.32. The van der Waals surface area contributed by atoms with Crippen LogP contribution >= 0.6 is 31.9 Å². The van der Waals surface area contributed by atoms with E-state index >= 15 is 0 Å². The first-order valence-corrected chi connectivity index (χ1v) is 12.4. The maximum absolute atomic E-state index is 12.9. The maximum Gasteiger partial charge on any atom is 0.244 e. The van der Waals surface area contributed by atoms with Gasteiger partial charge in [0.2, 0.25) is 10.0 Å². The summed E-state index contributed by atoms with van der Waals surface area (Å²) in [6.07, 6.45) is 1.64. The van der Waals surface area contributed by atoms with Crippen LogP contribution < -0.4 is 0 Å². The molecule has 10 heteroatoms. The Bertz CT molecular complexity index is 750. The van der Waals surface area contributed by atoms with Gasteiger partial charge in [-0.1, -0.05) is 15.9 Å². The van der Waals surface area contributed by atoms with Crippen molar-refractivity contribution in [3.63, 3.8) is 0 Å². The van der Waals surface area contributed by atoms with Crippen molar-refractivity contribution in [1.82, 2.24) is 9.21 Å². The zero-order valence-electron chi connectivity index (χ0n) is 15.6. The molecule has 1 aromatic carbocycles. The van der Waals surface area contributed by atoms with E-state index in [9.17, 15) is 13.5 Å². The van der Waals surface area contributed by atoms with Crippen molar-refractivity contribution in [2.45, 2.75) is 29.9 Å². The largest absolute Gasteiger partial charge is 0.389 e. The minimum Gasteiger partial charge on any atom is -0.389 e. The quantitative estimate of drug-likeness (QED) is 0.543. The van der Waals surface area contributed by atoms with Crippen LogP contribution in [0, 0.1) is 0 Å². The predicted molar refractivity (Wildman–Crippen MR) is 113 cm³/mol. The normalized spacial score (nSPS) is 23.2. The van der Waals surface area contributed by atoms with Crippen LogP contribution in [-0.4, -0.2) is 87.5 Å². The highest BCUT2D eigenvalue weighted by molar-refractivity contribution is 9.11. The van der Waals surface area contributed by atoms with Gasteiger partial charge in [-0.05, 0) is 47.0 Å². The van der Waals surface area contributed by atoms with Crippen LogP contribution in [0.15, 0.2) is 32.0 Å². The van der Waals surface area contributed by atoms with Gasteiger partial charge in [0.15, 0.2) is 0 Å². The van der Waals surface area contributed by atoms with Gasteiger partial charge in [-0.25, -0.2) is 8.42 Å². The molecule has 3 rings (SSSR count). The molecule has 2 aliphatic rings. The summed E-state index contributed by atoms with van der Waals surface area (Å²) in [5.41, 5.74) is 0. The van der Waals surface area contributed by atoms with E-state index < -0.39 is 16.1 Å². The summed E-state index contributed by atoms with van der Waals surface area (Å²) in [6, 6.07) is 5.13. The van der Waals surface area contributed by atoms with E-state index in [4.69, 9.17) is 9.47 Å². The molecule has 7 nitrogen and oxygen atoms in total. The molecule has 0 saturated carbocycles. The number of ether oxygens (including phenoxy) is 2. The smallest absolute Gasteiger partial charge is 0.244 e. The van der Waals surface area contributed by atoms with Gasteiger partial charge in [-0.15, -0.1) is 0 Å². The summed E-state index contributed by atoms with van der Waals surface area (Å²) in [5, 5.41) is 10.2. The van der Waals surface area contributed by atoms with E-state index in [-0.39, 0.29) is 17.6 Å². The minimum absolute atomic E-state index is 0.151. The number of β-amino-alcohol motifs (C(OH)–C–C–N with tert-alkyl or cyclic N) is 1. The van der Waals surface area contributed by atoms with Gasteiger partial charge in [0.1, 0.15) is 0 Å². The Balaban J connectivity index is 1.45. The molecule has 1 aromatic rings. The van der Waals surface area contributed by atoms with Gasteiger partial charge >= 0.3 is 0 Å². The van der Waals surface area contributed by atoms with E-state index in [0.29, 0.717) is 43.8 Å². The second-order valence-corrected chi connectivity index (χ2v) is 10.8. The van der Waals surface area contributed by atoms with Gasteiger partial charge in [-0.2, -0.15) is 4.31 Å². The Morgan fingerprint density at radius 2 is 2.00 bits per heavy atom. The van der Waals surface area contributed by atoms with Crippen molar-refractivity contribution in [3.8, 4) is 0 Å². The van der Waals surface area contributed by atoms with Crippen LogP contribution in [0.4, 0.5) is 0 Å². The number of aliphatic hydroxyl groups excluding tert-OH is 1. The van der Waals surface area contributed by atoms with E-state index in [1.54, 1.807) is 18.2 Å². The number of hydrogen-bond acceptors (Lipinski definition) is 6. The lowest BCUT2D eigenvalue weighted by molar-refractivity contribution is -0.0270. The first-order chi connectivity index (χ1) is 13.4. The molecule has 0 bridgehead atoms. The first kappa shape index (κ1) is 22.6. The number of sulfonamides is 1. The topological polar surface area (TPSA) is 79.3 Å². The lowest BCUT2D eigenvalue weighted by Crippen LogP contribution is -2.50. The summed E-state index contributed by atoms with van der Waals surface area (Å²) in [6.45, 7) is 3.99. The maximum atomic E-state index is 12.9. The Hall–Kier alpha value is -0.0700. The fourth-order valence-electron chi connectivity index (χ4n) is 3.43. The minimum atomic E-state index is -3.56. The Morgan fingerprint density at radius 3 is 2.68 bits per heavy atom. The number of benzene rings is 1. The van der Waals surface area contributed by atoms with E-state index in [1.165, 1.54) is 4.31 Å². The zero-order valence-corrected chi connectivity index (χ0v) is 19.6. The third-order valence-corrected chi connectivity index (χ3v) is 8.34. The van der Waals surface area contributed by atoms with Gasteiger partial charge in [0.05, 0.1) is 30.3 Å². The van der Waals surface area contributed by atoms with Crippen molar-refractivity contribution in [2.75, 3.05) is 52.5 Å². The molecule has 2 aliphatic heterocycles. The molecule has 0 unspecified atom stereocenters. The number of halogens is 2. The van der Waals surface area contributed by atoms with Crippen LogP contribution in [0.1, 0.15) is 12.8 Å². The SMILES string of the molecule is O=S(=O)(c1cc(Br)ccc1Br)N1CCN(C[C@H](O)COC[C@@H]2CCCO2)CC1. The van der Waals surface area contributed by atoms with Gasteiger partial charge in [0, 0.05) is 48.3 Å². The Morgan fingerprint density at radius 1 is 1.25 bits per heavy atom. The predicted octanol–water partition coefficient (Wildman–Crippen LogP) is 2.07. The van der Waals surface area contributed by atoms with Gasteiger partial charge in [-0.3, -0.25) is 4.90 Å². The fraction of sp³-hybridized carbons (Fsp3) is 0.667. The monoisotopic (exact) mass is 540 g/mol. The van der Waals surface area contributed by atoms with Crippen LogP contribution in [0.3, 0.4) is 0 Å². The molecule has 1 N–H and O–H groups in total.